The molecule has 0 aromatic heterocycles. The first-order valence-electron chi connectivity index (χ1n) is 6.13. The standard InChI is InChI=1S/C16H14F2O2/c1-10(19)7-11-3-5-12(6-4-11)16-14(17)8-13(20-2)9-15(16)18/h3-6,8-9H,7H2,1-2H3. The van der Waals surface area contributed by atoms with Crippen molar-refractivity contribution in [3.8, 4) is 16.9 Å². The predicted molar refractivity (Wildman–Crippen MR) is 72.7 cm³/mol. The van der Waals surface area contributed by atoms with Crippen molar-refractivity contribution in [2.45, 2.75) is 13.3 Å². The lowest BCUT2D eigenvalue weighted by Crippen LogP contribution is -1.97. The SMILES string of the molecule is COc1cc(F)c(-c2ccc(CC(C)=O)cc2)c(F)c1. The predicted octanol–water partition coefficient (Wildman–Crippen LogP) is 3.77. The highest BCUT2D eigenvalue weighted by Gasteiger charge is 2.13. The highest BCUT2D eigenvalue weighted by atomic mass is 19.1. The molecule has 0 amide bonds. The van der Waals surface area contributed by atoms with Crippen LogP contribution < -0.4 is 4.74 Å². The summed E-state index contributed by atoms with van der Waals surface area (Å²) in [5, 5.41) is 0. The molecule has 4 heteroatoms. The van der Waals surface area contributed by atoms with Crippen LogP contribution in [0, 0.1) is 11.6 Å². The maximum absolute atomic E-state index is 13.9. The molecule has 2 aromatic carbocycles. The number of benzene rings is 2. The smallest absolute Gasteiger partial charge is 0.137 e. The molecule has 20 heavy (non-hydrogen) atoms. The molecule has 0 saturated heterocycles. The first kappa shape index (κ1) is 14.2. The van der Waals surface area contributed by atoms with E-state index in [1.54, 1.807) is 24.3 Å². The Morgan fingerprint density at radius 1 is 1.10 bits per heavy atom. The van der Waals surface area contributed by atoms with Crippen LogP contribution in [0.2, 0.25) is 0 Å². The van der Waals surface area contributed by atoms with Crippen molar-refractivity contribution in [1.29, 1.82) is 0 Å². The van der Waals surface area contributed by atoms with Crippen molar-refractivity contribution in [3.05, 3.63) is 53.6 Å². The lowest BCUT2D eigenvalue weighted by Gasteiger charge is -2.08. The fourth-order valence-corrected chi connectivity index (χ4v) is 2.02. The van der Waals surface area contributed by atoms with Gasteiger partial charge in [-0.1, -0.05) is 24.3 Å². The molecule has 0 aliphatic carbocycles. The number of ketones is 1. The highest BCUT2D eigenvalue weighted by Crippen LogP contribution is 2.29. The largest absolute Gasteiger partial charge is 0.497 e. The van der Waals surface area contributed by atoms with Crippen LogP contribution in [0.3, 0.4) is 0 Å². The second-order valence-corrected chi connectivity index (χ2v) is 4.54. The number of hydrogen-bond acceptors (Lipinski definition) is 2. The normalized spacial score (nSPS) is 10.4. The van der Waals surface area contributed by atoms with Gasteiger partial charge in [0.2, 0.25) is 0 Å². The van der Waals surface area contributed by atoms with Gasteiger partial charge in [-0.3, -0.25) is 4.79 Å². The Balaban J connectivity index is 2.39. The van der Waals surface area contributed by atoms with Crippen LogP contribution >= 0.6 is 0 Å². The average molecular weight is 276 g/mol. The molecular formula is C16H14F2O2. The van der Waals surface area contributed by atoms with Gasteiger partial charge in [0.05, 0.1) is 12.7 Å². The highest BCUT2D eigenvalue weighted by molar-refractivity contribution is 5.78. The van der Waals surface area contributed by atoms with Crippen molar-refractivity contribution in [3.63, 3.8) is 0 Å². The molecule has 104 valence electrons. The van der Waals surface area contributed by atoms with E-state index in [0.29, 0.717) is 12.0 Å². The molecule has 0 bridgehead atoms. The van der Waals surface area contributed by atoms with Crippen LogP contribution in [0.15, 0.2) is 36.4 Å². The fourth-order valence-electron chi connectivity index (χ4n) is 2.02. The van der Waals surface area contributed by atoms with E-state index in [4.69, 9.17) is 4.74 Å². The Kier molecular flexibility index (Phi) is 4.13. The third kappa shape index (κ3) is 3.02. The second-order valence-electron chi connectivity index (χ2n) is 4.54. The van der Waals surface area contributed by atoms with Crippen LogP contribution in [0.5, 0.6) is 5.75 Å². The molecular weight excluding hydrogens is 262 g/mol. The first-order chi connectivity index (χ1) is 9.51. The fraction of sp³-hybridized carbons (Fsp3) is 0.188. The minimum atomic E-state index is -0.679. The summed E-state index contributed by atoms with van der Waals surface area (Å²) in [6.07, 6.45) is 0.313. The zero-order chi connectivity index (χ0) is 14.7. The molecule has 0 aliphatic rings. The summed E-state index contributed by atoms with van der Waals surface area (Å²) < 4.78 is 32.7. The third-order valence-electron chi connectivity index (χ3n) is 2.95. The number of halogens is 2. The van der Waals surface area contributed by atoms with Crippen molar-refractivity contribution >= 4 is 5.78 Å². The molecule has 2 rings (SSSR count). The van der Waals surface area contributed by atoms with Crippen molar-refractivity contribution in [2.24, 2.45) is 0 Å². The van der Waals surface area contributed by atoms with E-state index in [2.05, 4.69) is 0 Å². The van der Waals surface area contributed by atoms with Gasteiger partial charge < -0.3 is 4.74 Å². The van der Waals surface area contributed by atoms with E-state index in [1.807, 2.05) is 0 Å². The Morgan fingerprint density at radius 3 is 2.10 bits per heavy atom. The van der Waals surface area contributed by atoms with E-state index < -0.39 is 11.6 Å². The van der Waals surface area contributed by atoms with Crippen molar-refractivity contribution < 1.29 is 18.3 Å². The number of rotatable bonds is 4. The minimum absolute atomic E-state index is 0.0413. The average Bonchev–Trinajstić information content (AvgIpc) is 2.39. The van der Waals surface area contributed by atoms with Crippen LogP contribution in [-0.4, -0.2) is 12.9 Å². The second kappa shape index (κ2) is 5.82. The zero-order valence-corrected chi connectivity index (χ0v) is 11.2. The number of Topliss-reactive ketones (excluding diaryl/α,β-unsaturated/α-hetero) is 1. The number of ether oxygens (including phenoxy) is 1. The van der Waals surface area contributed by atoms with Gasteiger partial charge in [-0.15, -0.1) is 0 Å². The summed E-state index contributed by atoms with van der Waals surface area (Å²) in [7, 11) is 1.35. The van der Waals surface area contributed by atoms with E-state index in [-0.39, 0.29) is 17.1 Å². The number of methoxy groups -OCH3 is 1. The van der Waals surface area contributed by atoms with Crippen molar-refractivity contribution in [1.82, 2.24) is 0 Å². The van der Waals surface area contributed by atoms with Gasteiger partial charge in [-0.05, 0) is 18.1 Å². The topological polar surface area (TPSA) is 26.3 Å². The number of hydrogen-bond donors (Lipinski definition) is 0. The molecule has 0 N–H and O–H groups in total. The molecule has 0 unspecified atom stereocenters. The van der Waals surface area contributed by atoms with E-state index in [1.165, 1.54) is 14.0 Å². The molecule has 0 saturated carbocycles. The lowest BCUT2D eigenvalue weighted by atomic mass is 10.0. The quantitative estimate of drug-likeness (QED) is 0.849. The van der Waals surface area contributed by atoms with Gasteiger partial charge in [0.1, 0.15) is 23.2 Å². The van der Waals surface area contributed by atoms with Gasteiger partial charge >= 0.3 is 0 Å². The van der Waals surface area contributed by atoms with E-state index in [9.17, 15) is 13.6 Å². The third-order valence-corrected chi connectivity index (χ3v) is 2.95. The number of carbonyl (C=O) groups is 1. The Hall–Kier alpha value is -2.23. The summed E-state index contributed by atoms with van der Waals surface area (Å²) in [6.45, 7) is 1.50. The summed E-state index contributed by atoms with van der Waals surface area (Å²) in [4.78, 5) is 11.0. The summed E-state index contributed by atoms with van der Waals surface area (Å²) in [6, 6.07) is 8.88. The Labute approximate surface area is 116 Å². The van der Waals surface area contributed by atoms with Crippen LogP contribution in [0.25, 0.3) is 11.1 Å². The summed E-state index contributed by atoms with van der Waals surface area (Å²) in [5.41, 5.74) is 1.14. The van der Waals surface area contributed by atoms with Gasteiger partial charge in [0.15, 0.2) is 0 Å². The summed E-state index contributed by atoms with van der Waals surface area (Å²) >= 11 is 0. The Bertz CT molecular complexity index is 610. The molecule has 0 radical (unpaired) electrons. The molecule has 0 spiro atoms. The lowest BCUT2D eigenvalue weighted by molar-refractivity contribution is -0.116. The first-order valence-corrected chi connectivity index (χ1v) is 6.13. The molecule has 0 atom stereocenters. The monoisotopic (exact) mass is 276 g/mol. The minimum Gasteiger partial charge on any atom is -0.497 e. The van der Waals surface area contributed by atoms with Gasteiger partial charge in [-0.2, -0.15) is 0 Å². The maximum Gasteiger partial charge on any atom is 0.137 e. The van der Waals surface area contributed by atoms with Gasteiger partial charge in [0.25, 0.3) is 0 Å². The molecule has 2 nitrogen and oxygen atoms in total. The maximum atomic E-state index is 13.9. The van der Waals surface area contributed by atoms with E-state index >= 15 is 0 Å². The molecule has 0 fully saturated rings. The summed E-state index contributed by atoms with van der Waals surface area (Å²) in [5.74, 6) is -1.18. The zero-order valence-electron chi connectivity index (χ0n) is 11.2. The van der Waals surface area contributed by atoms with Gasteiger partial charge in [0, 0.05) is 18.6 Å². The van der Waals surface area contributed by atoms with E-state index in [0.717, 1.165) is 17.7 Å². The van der Waals surface area contributed by atoms with Crippen LogP contribution in [0.1, 0.15) is 12.5 Å². The van der Waals surface area contributed by atoms with Gasteiger partial charge in [-0.25, -0.2) is 8.78 Å². The molecule has 2 aromatic rings. The van der Waals surface area contributed by atoms with Crippen molar-refractivity contribution in [2.75, 3.05) is 7.11 Å². The molecule has 0 heterocycles. The van der Waals surface area contributed by atoms with Crippen LogP contribution in [0.4, 0.5) is 8.78 Å². The Morgan fingerprint density at radius 2 is 1.65 bits per heavy atom. The van der Waals surface area contributed by atoms with Crippen LogP contribution in [-0.2, 0) is 11.2 Å². The number of carbonyl (C=O) groups excluding carboxylic acids is 1. The molecule has 0 aliphatic heterocycles.